The maximum Gasteiger partial charge on any atom is 0.246 e. The van der Waals surface area contributed by atoms with E-state index < -0.39 is 0 Å². The number of hydrogen-bond acceptors (Lipinski definition) is 5. The summed E-state index contributed by atoms with van der Waals surface area (Å²) < 4.78 is 10.7. The van der Waals surface area contributed by atoms with Gasteiger partial charge >= 0.3 is 0 Å². The second kappa shape index (κ2) is 8.17. The van der Waals surface area contributed by atoms with Crippen LogP contribution in [0.25, 0.3) is 6.08 Å². The molecule has 0 N–H and O–H groups in total. The molecule has 0 spiro atoms. The second-order valence-electron chi connectivity index (χ2n) is 6.99. The number of fused-ring (bicyclic) bond motifs is 1. The number of Topliss-reactive ketones (excluding diaryl/α,β-unsaturated/α-hetero) is 1. The lowest BCUT2D eigenvalue weighted by Crippen LogP contribution is -2.48. The number of carbonyl (C=O) groups excluding carboxylic acids is 2. The molecule has 1 fully saturated rings. The van der Waals surface area contributed by atoms with E-state index in [1.807, 2.05) is 29.2 Å². The summed E-state index contributed by atoms with van der Waals surface area (Å²) in [5.74, 6) is 1.16. The number of ether oxygens (including phenoxy) is 2. The van der Waals surface area contributed by atoms with Crippen LogP contribution in [0.3, 0.4) is 0 Å². The number of amides is 1. The minimum absolute atomic E-state index is 0.0367. The predicted molar refractivity (Wildman–Crippen MR) is 112 cm³/mol. The smallest absolute Gasteiger partial charge is 0.246 e. The first-order valence-corrected chi connectivity index (χ1v) is 9.81. The van der Waals surface area contributed by atoms with E-state index in [-0.39, 0.29) is 18.5 Å². The maximum atomic E-state index is 12.5. The molecule has 2 aliphatic heterocycles. The van der Waals surface area contributed by atoms with Crippen molar-refractivity contribution >= 4 is 35.1 Å². The van der Waals surface area contributed by atoms with Crippen molar-refractivity contribution in [3.05, 3.63) is 58.6 Å². The van der Waals surface area contributed by atoms with E-state index in [1.165, 1.54) is 0 Å². The topological polar surface area (TPSA) is 59.1 Å². The van der Waals surface area contributed by atoms with Crippen molar-refractivity contribution in [1.82, 2.24) is 4.90 Å². The van der Waals surface area contributed by atoms with Gasteiger partial charge in [0, 0.05) is 43.5 Å². The molecule has 1 saturated heterocycles. The zero-order valence-electron chi connectivity index (χ0n) is 16.1. The van der Waals surface area contributed by atoms with Crippen LogP contribution in [0, 0.1) is 0 Å². The molecule has 7 heteroatoms. The summed E-state index contributed by atoms with van der Waals surface area (Å²) in [6.07, 6.45) is 3.30. The average Bonchev–Trinajstić information content (AvgIpc) is 3.21. The molecule has 2 aromatic rings. The van der Waals surface area contributed by atoms with Gasteiger partial charge < -0.3 is 19.3 Å². The molecule has 0 bridgehead atoms. The first-order valence-electron chi connectivity index (χ1n) is 9.43. The quantitative estimate of drug-likeness (QED) is 0.567. The van der Waals surface area contributed by atoms with Crippen LogP contribution < -0.4 is 14.4 Å². The number of nitrogens with zero attached hydrogens (tertiary/aromatic N) is 2. The van der Waals surface area contributed by atoms with Gasteiger partial charge in [-0.25, -0.2) is 0 Å². The maximum absolute atomic E-state index is 12.5. The summed E-state index contributed by atoms with van der Waals surface area (Å²) in [5.41, 5.74) is 2.56. The minimum Gasteiger partial charge on any atom is -0.454 e. The fourth-order valence-corrected chi connectivity index (χ4v) is 3.72. The lowest BCUT2D eigenvalue weighted by Gasteiger charge is -2.35. The third-order valence-electron chi connectivity index (χ3n) is 5.10. The Hall–Kier alpha value is -2.99. The van der Waals surface area contributed by atoms with Gasteiger partial charge in [0.25, 0.3) is 0 Å². The normalized spacial score (nSPS) is 15.8. The van der Waals surface area contributed by atoms with Crippen molar-refractivity contribution in [1.29, 1.82) is 0 Å². The molecule has 6 nitrogen and oxygen atoms in total. The van der Waals surface area contributed by atoms with E-state index in [1.54, 1.807) is 31.2 Å². The fraction of sp³-hybridized carbons (Fsp3) is 0.273. The number of piperazine rings is 1. The summed E-state index contributed by atoms with van der Waals surface area (Å²) in [6.45, 7) is 4.48. The number of anilines is 1. The highest BCUT2D eigenvalue weighted by Gasteiger charge is 2.21. The standard InChI is InChI=1S/C22H21ClN2O4/c1-15(26)17-3-5-18(6-4-17)24-8-10-25(11-9-24)21(27)7-2-16-12-19(23)22-20(13-16)28-14-29-22/h2-7,12-13H,8-11,14H2,1H3/b7-2+. The molecular formula is C22H21ClN2O4. The van der Waals surface area contributed by atoms with E-state index in [4.69, 9.17) is 21.1 Å². The summed E-state index contributed by atoms with van der Waals surface area (Å²) in [5, 5.41) is 0.469. The largest absolute Gasteiger partial charge is 0.454 e. The number of carbonyl (C=O) groups is 2. The van der Waals surface area contributed by atoms with E-state index >= 15 is 0 Å². The van der Waals surface area contributed by atoms with Crippen molar-refractivity contribution in [3.63, 3.8) is 0 Å². The van der Waals surface area contributed by atoms with Gasteiger partial charge in [-0.3, -0.25) is 9.59 Å². The summed E-state index contributed by atoms with van der Waals surface area (Å²) in [7, 11) is 0. The first kappa shape index (κ1) is 19.3. The Morgan fingerprint density at radius 3 is 2.45 bits per heavy atom. The van der Waals surface area contributed by atoms with Crippen molar-refractivity contribution in [2.45, 2.75) is 6.92 Å². The highest BCUT2D eigenvalue weighted by molar-refractivity contribution is 6.32. The molecule has 2 aromatic carbocycles. The molecule has 4 rings (SSSR count). The summed E-state index contributed by atoms with van der Waals surface area (Å²) in [6, 6.07) is 11.2. The molecule has 2 heterocycles. The van der Waals surface area contributed by atoms with Crippen molar-refractivity contribution < 1.29 is 19.1 Å². The molecule has 29 heavy (non-hydrogen) atoms. The summed E-state index contributed by atoms with van der Waals surface area (Å²) >= 11 is 6.18. The van der Waals surface area contributed by atoms with E-state index in [9.17, 15) is 9.59 Å². The third-order valence-corrected chi connectivity index (χ3v) is 5.38. The lowest BCUT2D eigenvalue weighted by molar-refractivity contribution is -0.126. The van der Waals surface area contributed by atoms with Crippen LogP contribution >= 0.6 is 11.6 Å². The van der Waals surface area contributed by atoms with Gasteiger partial charge in [0.2, 0.25) is 12.7 Å². The fourth-order valence-electron chi connectivity index (χ4n) is 3.45. The van der Waals surface area contributed by atoms with Gasteiger partial charge in [0.1, 0.15) is 0 Å². The monoisotopic (exact) mass is 412 g/mol. The Labute approximate surface area is 174 Å². The summed E-state index contributed by atoms with van der Waals surface area (Å²) in [4.78, 5) is 28.0. The molecule has 1 amide bonds. The van der Waals surface area contributed by atoms with Crippen molar-refractivity contribution in [2.75, 3.05) is 37.9 Å². The molecule has 150 valence electrons. The Morgan fingerprint density at radius 2 is 1.76 bits per heavy atom. The van der Waals surface area contributed by atoms with Crippen LogP contribution in [0.2, 0.25) is 5.02 Å². The highest BCUT2D eigenvalue weighted by Crippen LogP contribution is 2.40. The van der Waals surface area contributed by atoms with E-state index in [0.29, 0.717) is 35.2 Å². The molecule has 0 saturated carbocycles. The van der Waals surface area contributed by atoms with Crippen LogP contribution in [0.1, 0.15) is 22.8 Å². The molecule has 0 unspecified atom stereocenters. The van der Waals surface area contributed by atoms with E-state index in [0.717, 1.165) is 24.3 Å². The number of hydrogen-bond donors (Lipinski definition) is 0. The Bertz CT molecular complexity index is 964. The van der Waals surface area contributed by atoms with Gasteiger partial charge in [-0.15, -0.1) is 0 Å². The zero-order chi connectivity index (χ0) is 20.4. The number of ketones is 1. The third kappa shape index (κ3) is 4.22. The Kier molecular flexibility index (Phi) is 5.45. The molecular weight excluding hydrogens is 392 g/mol. The van der Waals surface area contributed by atoms with Crippen LogP contribution in [-0.2, 0) is 4.79 Å². The second-order valence-corrected chi connectivity index (χ2v) is 7.39. The highest BCUT2D eigenvalue weighted by atomic mass is 35.5. The van der Waals surface area contributed by atoms with Crippen LogP contribution in [0.15, 0.2) is 42.5 Å². The Balaban J connectivity index is 1.35. The SMILES string of the molecule is CC(=O)c1ccc(N2CCN(C(=O)/C=C/c3cc(Cl)c4c(c3)OCO4)CC2)cc1. The molecule has 0 radical (unpaired) electrons. The minimum atomic E-state index is -0.0367. The van der Waals surface area contributed by atoms with Crippen LogP contribution in [-0.4, -0.2) is 49.6 Å². The molecule has 0 aliphatic carbocycles. The Morgan fingerprint density at radius 1 is 1.03 bits per heavy atom. The average molecular weight is 413 g/mol. The molecule has 0 aromatic heterocycles. The number of halogens is 1. The van der Waals surface area contributed by atoms with Crippen LogP contribution in [0.4, 0.5) is 5.69 Å². The number of rotatable bonds is 4. The lowest BCUT2D eigenvalue weighted by atomic mass is 10.1. The zero-order valence-corrected chi connectivity index (χ0v) is 16.8. The van der Waals surface area contributed by atoms with Crippen molar-refractivity contribution in [3.8, 4) is 11.5 Å². The van der Waals surface area contributed by atoms with Crippen LogP contribution in [0.5, 0.6) is 11.5 Å². The van der Waals surface area contributed by atoms with Crippen molar-refractivity contribution in [2.24, 2.45) is 0 Å². The van der Waals surface area contributed by atoms with Gasteiger partial charge in [0.15, 0.2) is 17.3 Å². The number of benzene rings is 2. The molecule has 2 aliphatic rings. The molecule has 0 atom stereocenters. The van der Waals surface area contributed by atoms with Gasteiger partial charge in [-0.2, -0.15) is 0 Å². The first-order chi connectivity index (χ1) is 14.0. The predicted octanol–water partition coefficient (Wildman–Crippen LogP) is 3.63. The van der Waals surface area contributed by atoms with Gasteiger partial charge in [0.05, 0.1) is 5.02 Å². The van der Waals surface area contributed by atoms with Gasteiger partial charge in [-0.05, 0) is 55.0 Å². The van der Waals surface area contributed by atoms with E-state index in [2.05, 4.69) is 4.90 Å². The van der Waals surface area contributed by atoms with Gasteiger partial charge in [-0.1, -0.05) is 11.6 Å².